The van der Waals surface area contributed by atoms with Gasteiger partial charge in [0.05, 0.1) is 0 Å². The highest BCUT2D eigenvalue weighted by Crippen LogP contribution is 2.18. The molecule has 3 heteroatoms. The molecule has 2 fully saturated rings. The number of likely N-dealkylation sites (tertiary alicyclic amines) is 1. The fourth-order valence-corrected chi connectivity index (χ4v) is 2.66. The number of likely N-dealkylation sites (N-methyl/N-ethyl adjacent to an activating group) is 1. The standard InChI is InChI=1S/C14H29N3/c1-13(11-15-14-5-6-14)12-16(2)9-10-17-7-3-4-8-17/h13-15H,3-12H2,1-2H3. The quantitative estimate of drug-likeness (QED) is 0.691. The first-order valence-corrected chi connectivity index (χ1v) is 7.38. The van der Waals surface area contributed by atoms with E-state index in [1.165, 1.54) is 65.0 Å². The minimum absolute atomic E-state index is 0.777. The zero-order chi connectivity index (χ0) is 12.1. The van der Waals surface area contributed by atoms with Crippen LogP contribution in [0, 0.1) is 5.92 Å². The molecule has 0 spiro atoms. The molecule has 1 N–H and O–H groups in total. The number of nitrogens with zero attached hydrogens (tertiary/aromatic N) is 2. The van der Waals surface area contributed by atoms with E-state index in [1.54, 1.807) is 0 Å². The largest absolute Gasteiger partial charge is 0.314 e. The predicted molar refractivity (Wildman–Crippen MR) is 73.4 cm³/mol. The number of nitrogens with one attached hydrogen (secondary N) is 1. The van der Waals surface area contributed by atoms with Crippen LogP contribution in [0.2, 0.25) is 0 Å². The summed E-state index contributed by atoms with van der Waals surface area (Å²) in [6.07, 6.45) is 5.62. The summed E-state index contributed by atoms with van der Waals surface area (Å²) in [5.41, 5.74) is 0. The highest BCUT2D eigenvalue weighted by atomic mass is 15.2. The molecule has 0 bridgehead atoms. The van der Waals surface area contributed by atoms with Gasteiger partial charge in [-0.25, -0.2) is 0 Å². The topological polar surface area (TPSA) is 18.5 Å². The Morgan fingerprint density at radius 3 is 2.65 bits per heavy atom. The molecular weight excluding hydrogens is 210 g/mol. The lowest BCUT2D eigenvalue weighted by atomic mass is 10.1. The van der Waals surface area contributed by atoms with E-state index < -0.39 is 0 Å². The normalized spacial score (nSPS) is 23.5. The number of hydrogen-bond acceptors (Lipinski definition) is 3. The molecule has 3 nitrogen and oxygen atoms in total. The minimum Gasteiger partial charge on any atom is -0.314 e. The van der Waals surface area contributed by atoms with Crippen LogP contribution in [0.25, 0.3) is 0 Å². The van der Waals surface area contributed by atoms with Crippen LogP contribution in [0.15, 0.2) is 0 Å². The highest BCUT2D eigenvalue weighted by molar-refractivity contribution is 4.81. The van der Waals surface area contributed by atoms with Crippen molar-refractivity contribution in [1.82, 2.24) is 15.1 Å². The second-order valence-corrected chi connectivity index (χ2v) is 6.10. The van der Waals surface area contributed by atoms with Gasteiger partial charge in [-0.15, -0.1) is 0 Å². The van der Waals surface area contributed by atoms with Gasteiger partial charge in [0, 0.05) is 25.7 Å². The lowest BCUT2D eigenvalue weighted by Gasteiger charge is -2.24. The summed E-state index contributed by atoms with van der Waals surface area (Å²) in [5.74, 6) is 0.777. The van der Waals surface area contributed by atoms with Crippen molar-refractivity contribution in [2.24, 2.45) is 5.92 Å². The molecule has 100 valence electrons. The van der Waals surface area contributed by atoms with E-state index >= 15 is 0 Å². The maximum atomic E-state index is 3.62. The van der Waals surface area contributed by atoms with E-state index in [1.807, 2.05) is 0 Å². The summed E-state index contributed by atoms with van der Waals surface area (Å²) in [7, 11) is 2.27. The molecule has 1 unspecified atom stereocenters. The molecule has 1 aliphatic heterocycles. The van der Waals surface area contributed by atoms with Crippen LogP contribution in [0.3, 0.4) is 0 Å². The first-order chi connectivity index (χ1) is 8.24. The van der Waals surface area contributed by atoms with Crippen molar-refractivity contribution in [3.8, 4) is 0 Å². The van der Waals surface area contributed by atoms with Crippen molar-refractivity contribution < 1.29 is 0 Å². The van der Waals surface area contributed by atoms with Gasteiger partial charge < -0.3 is 15.1 Å². The molecule has 1 aliphatic carbocycles. The summed E-state index contributed by atoms with van der Waals surface area (Å²) in [6.45, 7) is 9.93. The van der Waals surface area contributed by atoms with Crippen molar-refractivity contribution in [1.29, 1.82) is 0 Å². The third kappa shape index (κ3) is 5.36. The Hall–Kier alpha value is -0.120. The van der Waals surface area contributed by atoms with Gasteiger partial charge in [-0.05, 0) is 58.3 Å². The summed E-state index contributed by atoms with van der Waals surface area (Å²) < 4.78 is 0. The van der Waals surface area contributed by atoms with Crippen LogP contribution in [0.4, 0.5) is 0 Å². The Morgan fingerprint density at radius 1 is 1.29 bits per heavy atom. The van der Waals surface area contributed by atoms with E-state index in [0.29, 0.717) is 0 Å². The fourth-order valence-electron chi connectivity index (χ4n) is 2.66. The Kier molecular flexibility index (Phi) is 5.26. The molecule has 0 amide bonds. The van der Waals surface area contributed by atoms with E-state index in [4.69, 9.17) is 0 Å². The third-order valence-corrected chi connectivity index (χ3v) is 3.95. The smallest absolute Gasteiger partial charge is 0.0109 e. The molecule has 17 heavy (non-hydrogen) atoms. The Balaban J connectivity index is 1.50. The Bertz CT molecular complexity index is 210. The third-order valence-electron chi connectivity index (χ3n) is 3.95. The first-order valence-electron chi connectivity index (χ1n) is 7.38. The van der Waals surface area contributed by atoms with Gasteiger partial charge >= 0.3 is 0 Å². The van der Waals surface area contributed by atoms with E-state index in [2.05, 4.69) is 29.1 Å². The van der Waals surface area contributed by atoms with E-state index in [0.717, 1.165) is 12.0 Å². The van der Waals surface area contributed by atoms with Gasteiger partial charge in [0.1, 0.15) is 0 Å². The number of hydrogen-bond donors (Lipinski definition) is 1. The van der Waals surface area contributed by atoms with Crippen LogP contribution < -0.4 is 5.32 Å². The van der Waals surface area contributed by atoms with Crippen LogP contribution in [-0.2, 0) is 0 Å². The maximum Gasteiger partial charge on any atom is 0.0109 e. The maximum absolute atomic E-state index is 3.62. The van der Waals surface area contributed by atoms with Crippen molar-refractivity contribution in [2.45, 2.75) is 38.6 Å². The van der Waals surface area contributed by atoms with Crippen molar-refractivity contribution in [3.63, 3.8) is 0 Å². The molecule has 2 rings (SSSR count). The van der Waals surface area contributed by atoms with E-state index in [9.17, 15) is 0 Å². The molecule has 0 radical (unpaired) electrons. The molecule has 0 aromatic rings. The molecular formula is C14H29N3. The first kappa shape index (κ1) is 13.3. The van der Waals surface area contributed by atoms with Crippen molar-refractivity contribution >= 4 is 0 Å². The van der Waals surface area contributed by atoms with Crippen LogP contribution in [0.5, 0.6) is 0 Å². The average molecular weight is 239 g/mol. The lowest BCUT2D eigenvalue weighted by Crippen LogP contribution is -2.36. The Morgan fingerprint density at radius 2 is 2.00 bits per heavy atom. The van der Waals surface area contributed by atoms with Crippen molar-refractivity contribution in [2.75, 3.05) is 46.3 Å². The zero-order valence-corrected chi connectivity index (χ0v) is 11.6. The van der Waals surface area contributed by atoms with Gasteiger partial charge in [-0.1, -0.05) is 6.92 Å². The second-order valence-electron chi connectivity index (χ2n) is 6.10. The second kappa shape index (κ2) is 6.72. The molecule has 1 saturated heterocycles. The SMILES string of the molecule is CC(CNC1CC1)CN(C)CCN1CCCC1. The summed E-state index contributed by atoms with van der Waals surface area (Å²) in [4.78, 5) is 5.10. The van der Waals surface area contributed by atoms with Gasteiger partial charge in [-0.3, -0.25) is 0 Å². The van der Waals surface area contributed by atoms with Crippen LogP contribution in [0.1, 0.15) is 32.6 Å². The fraction of sp³-hybridized carbons (Fsp3) is 1.00. The van der Waals surface area contributed by atoms with Crippen LogP contribution in [-0.4, -0.2) is 62.2 Å². The lowest BCUT2D eigenvalue weighted by molar-refractivity contribution is 0.233. The average Bonchev–Trinajstić information content (AvgIpc) is 2.99. The molecule has 1 atom stereocenters. The van der Waals surface area contributed by atoms with Gasteiger partial charge in [-0.2, -0.15) is 0 Å². The predicted octanol–water partition coefficient (Wildman–Crippen LogP) is 1.40. The monoisotopic (exact) mass is 239 g/mol. The molecule has 1 saturated carbocycles. The van der Waals surface area contributed by atoms with Gasteiger partial charge in [0.2, 0.25) is 0 Å². The zero-order valence-electron chi connectivity index (χ0n) is 11.6. The summed E-state index contributed by atoms with van der Waals surface area (Å²) in [5, 5.41) is 3.62. The van der Waals surface area contributed by atoms with Crippen LogP contribution >= 0.6 is 0 Å². The molecule has 0 aromatic heterocycles. The molecule has 0 aromatic carbocycles. The summed E-state index contributed by atoms with van der Waals surface area (Å²) in [6, 6.07) is 0.854. The van der Waals surface area contributed by atoms with Crippen molar-refractivity contribution in [3.05, 3.63) is 0 Å². The Labute approximate surface area is 107 Å². The van der Waals surface area contributed by atoms with E-state index in [-0.39, 0.29) is 0 Å². The molecule has 1 heterocycles. The number of rotatable bonds is 8. The van der Waals surface area contributed by atoms with Gasteiger partial charge in [0.25, 0.3) is 0 Å². The highest BCUT2D eigenvalue weighted by Gasteiger charge is 2.21. The van der Waals surface area contributed by atoms with Gasteiger partial charge in [0.15, 0.2) is 0 Å². The summed E-state index contributed by atoms with van der Waals surface area (Å²) >= 11 is 0. The molecule has 2 aliphatic rings. The minimum atomic E-state index is 0.777.